The summed E-state index contributed by atoms with van der Waals surface area (Å²) in [4.78, 5) is 31.7. The Kier molecular flexibility index (Phi) is 6.26. The monoisotopic (exact) mass is 436 g/mol. The van der Waals surface area contributed by atoms with Crippen LogP contribution in [0.2, 0.25) is 0 Å². The van der Waals surface area contributed by atoms with Crippen molar-refractivity contribution in [3.8, 4) is 0 Å². The van der Waals surface area contributed by atoms with E-state index in [1.807, 2.05) is 24.3 Å². The number of thiophene rings is 1. The highest BCUT2D eigenvalue weighted by Crippen LogP contribution is 2.22. The average molecular weight is 437 g/mol. The second-order valence-electron chi connectivity index (χ2n) is 6.26. The summed E-state index contributed by atoms with van der Waals surface area (Å²) in [6, 6.07) is 8.99. The van der Waals surface area contributed by atoms with Crippen LogP contribution in [0.1, 0.15) is 29.4 Å². The second kappa shape index (κ2) is 8.64. The minimum atomic E-state index is -0.572. The Hall–Kier alpha value is -1.93. The number of nitrogens with zero attached hydrogens (tertiary/aromatic N) is 2. The Labute approximate surface area is 165 Å². The van der Waals surface area contributed by atoms with E-state index >= 15 is 0 Å². The number of anilines is 1. The van der Waals surface area contributed by atoms with Crippen LogP contribution in [0, 0.1) is 0 Å². The lowest BCUT2D eigenvalue weighted by molar-refractivity contribution is -0.123. The molecule has 6 nitrogen and oxygen atoms in total. The zero-order valence-corrected chi connectivity index (χ0v) is 16.8. The fourth-order valence-electron chi connectivity index (χ4n) is 2.89. The second-order valence-corrected chi connectivity index (χ2v) is 8.72. The molecule has 0 aliphatic carbocycles. The Morgan fingerprint density at radius 2 is 2.04 bits per heavy atom. The molecule has 2 aromatic heterocycles. The molecule has 138 valence electrons. The maximum Gasteiger partial charge on any atom is 0.262 e. The van der Waals surface area contributed by atoms with Crippen molar-refractivity contribution in [3.63, 3.8) is 0 Å². The fourth-order valence-corrected chi connectivity index (χ4v) is 4.18. The zero-order chi connectivity index (χ0) is 18.5. The Bertz CT molecular complexity index is 760. The molecule has 8 heteroatoms. The van der Waals surface area contributed by atoms with Crippen molar-refractivity contribution < 1.29 is 9.59 Å². The number of rotatable bonds is 5. The first-order valence-electron chi connectivity index (χ1n) is 8.55. The standard InChI is InChI=1S/C18H21BrN4O2S/c1-12(21-18(25)14-5-6-15(19)26-14)17(24)22-13-7-10-23(11-8-13)16-4-2-3-9-20-16/h2-6,9,12-13H,7-8,10-11H2,1H3,(H,21,25)(H,22,24). The molecule has 0 radical (unpaired) electrons. The van der Waals surface area contributed by atoms with Crippen molar-refractivity contribution in [1.29, 1.82) is 0 Å². The molecule has 26 heavy (non-hydrogen) atoms. The van der Waals surface area contributed by atoms with Gasteiger partial charge in [0.15, 0.2) is 0 Å². The number of carbonyl (C=O) groups excluding carboxylic acids is 2. The topological polar surface area (TPSA) is 74.3 Å². The van der Waals surface area contributed by atoms with E-state index < -0.39 is 6.04 Å². The number of nitrogens with one attached hydrogen (secondary N) is 2. The quantitative estimate of drug-likeness (QED) is 0.755. The Morgan fingerprint density at radius 3 is 2.65 bits per heavy atom. The molecule has 2 aromatic rings. The molecular formula is C18H21BrN4O2S. The number of halogens is 1. The third-order valence-corrected chi connectivity index (χ3v) is 5.97. The van der Waals surface area contributed by atoms with Crippen LogP contribution in [0.25, 0.3) is 0 Å². The van der Waals surface area contributed by atoms with E-state index in [1.54, 1.807) is 19.2 Å². The maximum atomic E-state index is 12.4. The van der Waals surface area contributed by atoms with Crippen LogP contribution in [0.15, 0.2) is 40.3 Å². The van der Waals surface area contributed by atoms with Crippen molar-refractivity contribution in [1.82, 2.24) is 15.6 Å². The predicted molar refractivity (Wildman–Crippen MR) is 107 cm³/mol. The summed E-state index contributed by atoms with van der Waals surface area (Å²) in [6.07, 6.45) is 3.52. The first-order chi connectivity index (χ1) is 12.5. The van der Waals surface area contributed by atoms with E-state index in [-0.39, 0.29) is 17.9 Å². The van der Waals surface area contributed by atoms with Gasteiger partial charge in [0.1, 0.15) is 11.9 Å². The van der Waals surface area contributed by atoms with Gasteiger partial charge in [-0.05, 0) is 60.0 Å². The van der Waals surface area contributed by atoms with Crippen molar-refractivity contribution in [3.05, 3.63) is 45.2 Å². The SMILES string of the molecule is CC(NC(=O)c1ccc(Br)s1)C(=O)NC1CCN(c2ccccn2)CC1. The molecule has 3 rings (SSSR count). The lowest BCUT2D eigenvalue weighted by atomic mass is 10.0. The van der Waals surface area contributed by atoms with E-state index in [2.05, 4.69) is 36.4 Å². The number of piperidine rings is 1. The Balaban J connectivity index is 1.45. The van der Waals surface area contributed by atoms with Crippen molar-refractivity contribution in [2.24, 2.45) is 0 Å². The lowest BCUT2D eigenvalue weighted by Gasteiger charge is -2.33. The fraction of sp³-hybridized carbons (Fsp3) is 0.389. The molecule has 0 bridgehead atoms. The van der Waals surface area contributed by atoms with E-state index in [0.717, 1.165) is 35.5 Å². The molecule has 1 aliphatic rings. The van der Waals surface area contributed by atoms with Crippen LogP contribution >= 0.6 is 27.3 Å². The third-order valence-electron chi connectivity index (χ3n) is 4.35. The smallest absolute Gasteiger partial charge is 0.262 e. The minimum absolute atomic E-state index is 0.123. The zero-order valence-electron chi connectivity index (χ0n) is 14.4. The van der Waals surface area contributed by atoms with Gasteiger partial charge < -0.3 is 15.5 Å². The highest BCUT2D eigenvalue weighted by Gasteiger charge is 2.24. The third kappa shape index (κ3) is 4.82. The first kappa shape index (κ1) is 18.8. The van der Waals surface area contributed by atoms with Gasteiger partial charge in [0, 0.05) is 25.3 Å². The molecule has 1 fully saturated rings. The number of carbonyl (C=O) groups is 2. The molecule has 1 aliphatic heterocycles. The molecule has 1 saturated heterocycles. The molecule has 1 unspecified atom stereocenters. The van der Waals surface area contributed by atoms with Crippen LogP contribution in [0.3, 0.4) is 0 Å². The van der Waals surface area contributed by atoms with Gasteiger partial charge in [-0.2, -0.15) is 0 Å². The van der Waals surface area contributed by atoms with Crippen LogP contribution in [0.5, 0.6) is 0 Å². The van der Waals surface area contributed by atoms with Crippen molar-refractivity contribution in [2.45, 2.75) is 31.8 Å². The summed E-state index contributed by atoms with van der Waals surface area (Å²) in [5.74, 6) is 0.596. The van der Waals surface area contributed by atoms with Crippen molar-refractivity contribution in [2.75, 3.05) is 18.0 Å². The van der Waals surface area contributed by atoms with E-state index in [4.69, 9.17) is 0 Å². The van der Waals surface area contributed by atoms with Gasteiger partial charge in [-0.1, -0.05) is 6.07 Å². The van der Waals surface area contributed by atoms with Gasteiger partial charge >= 0.3 is 0 Å². The Morgan fingerprint density at radius 1 is 1.27 bits per heavy atom. The van der Waals surface area contributed by atoms with Gasteiger partial charge in [0.05, 0.1) is 8.66 Å². The normalized spacial score (nSPS) is 16.2. The molecule has 1 atom stereocenters. The van der Waals surface area contributed by atoms with Crippen LogP contribution < -0.4 is 15.5 Å². The molecule has 0 saturated carbocycles. The molecule has 2 N–H and O–H groups in total. The van der Waals surface area contributed by atoms with Crippen molar-refractivity contribution >= 4 is 44.9 Å². The maximum absolute atomic E-state index is 12.4. The molecule has 0 aromatic carbocycles. The van der Waals surface area contributed by atoms with E-state index in [1.165, 1.54) is 11.3 Å². The summed E-state index contributed by atoms with van der Waals surface area (Å²) in [5, 5.41) is 5.80. The summed E-state index contributed by atoms with van der Waals surface area (Å²) in [7, 11) is 0. The number of hydrogen-bond acceptors (Lipinski definition) is 5. The number of hydrogen-bond donors (Lipinski definition) is 2. The van der Waals surface area contributed by atoms with Gasteiger partial charge in [-0.25, -0.2) is 4.98 Å². The predicted octanol–water partition coefficient (Wildman–Crippen LogP) is 2.81. The summed E-state index contributed by atoms with van der Waals surface area (Å²) in [6.45, 7) is 3.41. The highest BCUT2D eigenvalue weighted by molar-refractivity contribution is 9.11. The first-order valence-corrected chi connectivity index (χ1v) is 10.2. The summed E-state index contributed by atoms with van der Waals surface area (Å²) >= 11 is 4.68. The van der Waals surface area contributed by atoms with E-state index in [9.17, 15) is 9.59 Å². The molecule has 3 heterocycles. The number of amides is 2. The van der Waals surface area contributed by atoms with Gasteiger partial charge in [0.2, 0.25) is 5.91 Å². The molecule has 2 amide bonds. The van der Waals surface area contributed by atoms with E-state index in [0.29, 0.717) is 4.88 Å². The highest BCUT2D eigenvalue weighted by atomic mass is 79.9. The minimum Gasteiger partial charge on any atom is -0.356 e. The van der Waals surface area contributed by atoms with Gasteiger partial charge in [-0.3, -0.25) is 9.59 Å². The summed E-state index contributed by atoms with van der Waals surface area (Å²) in [5.41, 5.74) is 0. The largest absolute Gasteiger partial charge is 0.356 e. The van der Waals surface area contributed by atoms with Crippen LogP contribution in [0.4, 0.5) is 5.82 Å². The number of aromatic nitrogens is 1. The number of pyridine rings is 1. The molecule has 0 spiro atoms. The van der Waals surface area contributed by atoms with Crippen LogP contribution in [-0.4, -0.2) is 42.0 Å². The molecular weight excluding hydrogens is 416 g/mol. The summed E-state index contributed by atoms with van der Waals surface area (Å²) < 4.78 is 0.888. The van der Waals surface area contributed by atoms with Crippen LogP contribution in [-0.2, 0) is 4.79 Å². The lowest BCUT2D eigenvalue weighted by Crippen LogP contribution is -2.51. The van der Waals surface area contributed by atoms with Gasteiger partial charge in [0.25, 0.3) is 5.91 Å². The average Bonchev–Trinajstić information content (AvgIpc) is 3.09. The van der Waals surface area contributed by atoms with Gasteiger partial charge in [-0.15, -0.1) is 11.3 Å².